The molecule has 2 amide bonds. The third-order valence-electron chi connectivity index (χ3n) is 5.38. The number of allylic oxidation sites excluding steroid dienone is 1. The average molecular weight is 454 g/mol. The molecule has 0 saturated carbocycles. The number of likely N-dealkylation sites (N-methyl/N-ethyl adjacent to an activating group) is 1. The highest BCUT2D eigenvalue weighted by atomic mass is 32.2. The molecule has 3 atom stereocenters. The fraction of sp³-hybridized carbons (Fsp3) is 0.591. The molecule has 0 unspecified atom stereocenters. The zero-order valence-electron chi connectivity index (χ0n) is 19.0. The quantitative estimate of drug-likeness (QED) is 0.661. The van der Waals surface area contributed by atoms with Gasteiger partial charge in [0.2, 0.25) is 10.0 Å². The van der Waals surface area contributed by atoms with Gasteiger partial charge in [0.25, 0.3) is 0 Å². The van der Waals surface area contributed by atoms with E-state index < -0.39 is 22.2 Å². The van der Waals surface area contributed by atoms with E-state index in [1.54, 1.807) is 37.1 Å². The Morgan fingerprint density at radius 1 is 1.45 bits per heavy atom. The van der Waals surface area contributed by atoms with Crippen molar-refractivity contribution in [3.63, 3.8) is 0 Å². The van der Waals surface area contributed by atoms with E-state index >= 15 is 0 Å². The van der Waals surface area contributed by atoms with Crippen LogP contribution < -0.4 is 10.1 Å². The van der Waals surface area contributed by atoms with E-state index in [1.165, 1.54) is 4.31 Å². The average Bonchev–Trinajstić information content (AvgIpc) is 2.73. The van der Waals surface area contributed by atoms with Crippen LogP contribution in [0.4, 0.5) is 4.79 Å². The van der Waals surface area contributed by atoms with E-state index in [-0.39, 0.29) is 35.7 Å². The fourth-order valence-corrected chi connectivity index (χ4v) is 5.30. The first-order valence-corrected chi connectivity index (χ1v) is 12.1. The molecule has 1 aromatic rings. The van der Waals surface area contributed by atoms with Crippen molar-refractivity contribution >= 4 is 22.1 Å². The molecular weight excluding hydrogens is 418 g/mol. The van der Waals surface area contributed by atoms with Crippen molar-refractivity contribution in [2.75, 3.05) is 33.3 Å². The summed E-state index contributed by atoms with van der Waals surface area (Å²) >= 11 is 0. The maximum Gasteiger partial charge on any atom is 0.317 e. The Morgan fingerprint density at radius 2 is 2.16 bits per heavy atom. The van der Waals surface area contributed by atoms with E-state index in [1.807, 2.05) is 32.9 Å². The molecule has 1 aliphatic heterocycles. The van der Waals surface area contributed by atoms with E-state index in [9.17, 15) is 18.3 Å². The smallest absolute Gasteiger partial charge is 0.317 e. The molecule has 1 aliphatic rings. The lowest BCUT2D eigenvalue weighted by Crippen LogP contribution is -2.51. The number of carbonyl (C=O) groups excluding carboxylic acids is 1. The summed E-state index contributed by atoms with van der Waals surface area (Å²) in [4.78, 5) is 14.0. The van der Waals surface area contributed by atoms with Gasteiger partial charge in [-0.25, -0.2) is 13.2 Å². The SMILES string of the molecule is CC=Cc1ccc2c(c1)O[C@H](CN(C)C(=O)NCCC)[C@@H](C)CN([C@@H](C)CO)S2(=O)=O. The Kier molecular flexibility index (Phi) is 8.90. The van der Waals surface area contributed by atoms with Gasteiger partial charge in [-0.05, 0) is 38.0 Å². The third kappa shape index (κ3) is 5.99. The summed E-state index contributed by atoms with van der Waals surface area (Å²) in [6.45, 7) is 8.21. The number of amides is 2. The number of aliphatic hydroxyl groups excluding tert-OH is 1. The fourth-order valence-electron chi connectivity index (χ4n) is 3.48. The maximum atomic E-state index is 13.4. The first-order chi connectivity index (χ1) is 14.6. The summed E-state index contributed by atoms with van der Waals surface area (Å²) in [5.74, 6) is 0.0355. The Labute approximate surface area is 185 Å². The van der Waals surface area contributed by atoms with Crippen LogP contribution in [0.25, 0.3) is 6.08 Å². The van der Waals surface area contributed by atoms with Crippen molar-refractivity contribution in [3.05, 3.63) is 29.8 Å². The molecule has 174 valence electrons. The van der Waals surface area contributed by atoms with Crippen molar-refractivity contribution in [2.24, 2.45) is 5.92 Å². The van der Waals surface area contributed by atoms with Crippen molar-refractivity contribution in [2.45, 2.75) is 51.2 Å². The highest BCUT2D eigenvalue weighted by Gasteiger charge is 2.38. The molecule has 0 aromatic heterocycles. The highest BCUT2D eigenvalue weighted by molar-refractivity contribution is 7.89. The zero-order valence-corrected chi connectivity index (χ0v) is 19.9. The molecule has 31 heavy (non-hydrogen) atoms. The van der Waals surface area contributed by atoms with Gasteiger partial charge in [0, 0.05) is 32.1 Å². The predicted octanol–water partition coefficient (Wildman–Crippen LogP) is 2.54. The molecule has 1 aromatic carbocycles. The van der Waals surface area contributed by atoms with Crippen LogP contribution in [0, 0.1) is 5.92 Å². The zero-order chi connectivity index (χ0) is 23.2. The van der Waals surface area contributed by atoms with Gasteiger partial charge in [-0.3, -0.25) is 0 Å². The Bertz CT molecular complexity index is 887. The van der Waals surface area contributed by atoms with Gasteiger partial charge in [-0.1, -0.05) is 32.1 Å². The number of nitrogens with one attached hydrogen (secondary N) is 1. The van der Waals surface area contributed by atoms with Crippen LogP contribution in [0.5, 0.6) is 5.75 Å². The Hall–Kier alpha value is -2.10. The van der Waals surface area contributed by atoms with Crippen LogP contribution in [0.15, 0.2) is 29.2 Å². The summed E-state index contributed by atoms with van der Waals surface area (Å²) in [7, 11) is -2.17. The van der Waals surface area contributed by atoms with Crippen LogP contribution in [0.1, 0.15) is 39.7 Å². The van der Waals surface area contributed by atoms with Crippen LogP contribution in [-0.4, -0.2) is 74.2 Å². The number of carbonyl (C=O) groups is 1. The van der Waals surface area contributed by atoms with E-state index in [2.05, 4.69) is 5.32 Å². The van der Waals surface area contributed by atoms with Crippen LogP contribution in [0.3, 0.4) is 0 Å². The minimum absolute atomic E-state index is 0.0658. The molecule has 0 spiro atoms. The number of hydrogen-bond donors (Lipinski definition) is 2. The standard InChI is InChI=1S/C22H35N3O5S/c1-6-8-18-9-10-21-19(12-18)30-20(14-24(5)22(27)23-11-7-2)16(3)13-25(17(4)15-26)31(21,28)29/h6,8-10,12,16-17,20,26H,7,11,13-15H2,1-5H3,(H,23,27)/t16-,17-,20+/m0/s1. The van der Waals surface area contributed by atoms with Gasteiger partial charge in [0.15, 0.2) is 0 Å². The second-order valence-corrected chi connectivity index (χ2v) is 9.92. The lowest BCUT2D eigenvalue weighted by Gasteiger charge is -2.37. The number of benzene rings is 1. The largest absolute Gasteiger partial charge is 0.487 e. The number of hydrogen-bond acceptors (Lipinski definition) is 5. The van der Waals surface area contributed by atoms with Crippen molar-refractivity contribution in [1.29, 1.82) is 0 Å². The summed E-state index contributed by atoms with van der Waals surface area (Å²) in [5, 5.41) is 12.5. The normalized spacial score (nSPS) is 22.1. The molecule has 0 bridgehead atoms. The molecular formula is C22H35N3O5S. The monoisotopic (exact) mass is 453 g/mol. The molecule has 0 radical (unpaired) electrons. The topological polar surface area (TPSA) is 99.2 Å². The molecule has 1 heterocycles. The number of urea groups is 1. The maximum absolute atomic E-state index is 13.4. The lowest BCUT2D eigenvalue weighted by molar-refractivity contribution is 0.0812. The predicted molar refractivity (Wildman–Crippen MR) is 121 cm³/mol. The first-order valence-electron chi connectivity index (χ1n) is 10.7. The number of aliphatic hydroxyl groups is 1. The van der Waals surface area contributed by atoms with E-state index in [0.717, 1.165) is 12.0 Å². The molecule has 0 aliphatic carbocycles. The Balaban J connectivity index is 2.47. The lowest BCUT2D eigenvalue weighted by atomic mass is 10.0. The summed E-state index contributed by atoms with van der Waals surface area (Å²) in [5.41, 5.74) is 0.819. The van der Waals surface area contributed by atoms with Gasteiger partial charge in [-0.15, -0.1) is 0 Å². The van der Waals surface area contributed by atoms with Gasteiger partial charge < -0.3 is 20.1 Å². The molecule has 0 saturated heterocycles. The molecule has 0 fully saturated rings. The van der Waals surface area contributed by atoms with Gasteiger partial charge >= 0.3 is 6.03 Å². The molecule has 8 nitrogen and oxygen atoms in total. The second-order valence-electron chi connectivity index (χ2n) is 8.06. The van der Waals surface area contributed by atoms with Crippen molar-refractivity contribution in [1.82, 2.24) is 14.5 Å². The number of nitrogens with zero attached hydrogens (tertiary/aromatic N) is 2. The van der Waals surface area contributed by atoms with Gasteiger partial charge in [-0.2, -0.15) is 4.31 Å². The van der Waals surface area contributed by atoms with Crippen LogP contribution >= 0.6 is 0 Å². The summed E-state index contributed by atoms with van der Waals surface area (Å²) in [6, 6.07) is 4.19. The highest BCUT2D eigenvalue weighted by Crippen LogP contribution is 2.34. The number of fused-ring (bicyclic) bond motifs is 1. The van der Waals surface area contributed by atoms with Crippen molar-refractivity contribution < 1.29 is 23.1 Å². The van der Waals surface area contributed by atoms with Crippen molar-refractivity contribution in [3.8, 4) is 5.75 Å². The number of sulfonamides is 1. The van der Waals surface area contributed by atoms with E-state index in [4.69, 9.17) is 4.74 Å². The van der Waals surface area contributed by atoms with Gasteiger partial charge in [0.1, 0.15) is 16.7 Å². The molecule has 2 rings (SSSR count). The minimum Gasteiger partial charge on any atom is -0.487 e. The Morgan fingerprint density at radius 3 is 2.77 bits per heavy atom. The molecule has 2 N–H and O–H groups in total. The van der Waals surface area contributed by atoms with E-state index in [0.29, 0.717) is 13.1 Å². The number of ether oxygens (including phenoxy) is 1. The minimum atomic E-state index is -3.87. The first kappa shape index (κ1) is 25.2. The van der Waals surface area contributed by atoms with Crippen LogP contribution in [0.2, 0.25) is 0 Å². The number of rotatable bonds is 7. The summed E-state index contributed by atoms with van der Waals surface area (Å²) in [6.07, 6.45) is 4.14. The molecule has 9 heteroatoms. The van der Waals surface area contributed by atoms with Crippen LogP contribution in [-0.2, 0) is 10.0 Å². The van der Waals surface area contributed by atoms with Gasteiger partial charge in [0.05, 0.1) is 13.2 Å². The second kappa shape index (κ2) is 11.0. The summed E-state index contributed by atoms with van der Waals surface area (Å²) < 4.78 is 34.3. The third-order valence-corrected chi connectivity index (χ3v) is 7.40.